The summed E-state index contributed by atoms with van der Waals surface area (Å²) in [5, 5.41) is 7.70. The first-order valence-corrected chi connectivity index (χ1v) is 9.33. The lowest BCUT2D eigenvalue weighted by Gasteiger charge is -2.16. The topological polar surface area (TPSA) is 76.2 Å². The molecule has 3 rings (SSSR count). The molecule has 0 aliphatic rings. The van der Waals surface area contributed by atoms with E-state index in [2.05, 4.69) is 10.4 Å². The van der Waals surface area contributed by atoms with E-state index in [1.165, 1.54) is 21.7 Å². The number of carbonyl (C=O) groups is 1. The molecule has 2 aromatic carbocycles. The number of amides is 2. The molecule has 1 heterocycles. The number of nitrogens with two attached hydrogens (primary N) is 1. The van der Waals surface area contributed by atoms with Gasteiger partial charge in [0.1, 0.15) is 11.4 Å². The highest BCUT2D eigenvalue weighted by molar-refractivity contribution is 6.30. The Labute approximate surface area is 176 Å². The Morgan fingerprint density at radius 2 is 1.77 bits per heavy atom. The predicted octanol–water partition coefficient (Wildman–Crippen LogP) is 5.28. The van der Waals surface area contributed by atoms with Crippen molar-refractivity contribution in [3.63, 3.8) is 0 Å². The lowest BCUT2D eigenvalue weighted by molar-refractivity contribution is -0.137. The van der Waals surface area contributed by atoms with E-state index in [4.69, 9.17) is 17.3 Å². The standard InChI is InChI=1S/C20H19ClF3N5O/c1-3-28(2)19(30)26-17-16(12-4-8-14(21)9-5-12)27-29(18(17)25)15-10-6-13(7-11-15)20(22,23)24/h4-11H,3,25H2,1-2H3,(H,26,30). The summed E-state index contributed by atoms with van der Waals surface area (Å²) in [5.41, 5.74) is 7.02. The van der Waals surface area contributed by atoms with E-state index >= 15 is 0 Å². The second-order valence-corrected chi connectivity index (χ2v) is 6.95. The molecule has 0 aliphatic carbocycles. The maximum Gasteiger partial charge on any atom is 0.416 e. The second-order valence-electron chi connectivity index (χ2n) is 6.52. The van der Waals surface area contributed by atoms with Crippen LogP contribution >= 0.6 is 11.6 Å². The molecular weight excluding hydrogens is 419 g/mol. The summed E-state index contributed by atoms with van der Waals surface area (Å²) < 4.78 is 39.9. The summed E-state index contributed by atoms with van der Waals surface area (Å²) >= 11 is 5.95. The van der Waals surface area contributed by atoms with Crippen molar-refractivity contribution in [2.24, 2.45) is 0 Å². The molecule has 0 saturated carbocycles. The van der Waals surface area contributed by atoms with Gasteiger partial charge in [0.2, 0.25) is 0 Å². The highest BCUT2D eigenvalue weighted by Gasteiger charge is 2.30. The quantitative estimate of drug-likeness (QED) is 0.583. The predicted molar refractivity (Wildman–Crippen MR) is 111 cm³/mol. The smallest absolute Gasteiger partial charge is 0.382 e. The summed E-state index contributed by atoms with van der Waals surface area (Å²) in [6.45, 7) is 2.28. The first-order valence-electron chi connectivity index (χ1n) is 8.96. The summed E-state index contributed by atoms with van der Waals surface area (Å²) in [5.74, 6) is 0.0811. The fourth-order valence-electron chi connectivity index (χ4n) is 2.70. The number of carbonyl (C=O) groups excluding carboxylic acids is 1. The van der Waals surface area contributed by atoms with Crippen LogP contribution in [-0.4, -0.2) is 34.3 Å². The molecule has 3 aromatic rings. The van der Waals surface area contributed by atoms with E-state index in [-0.39, 0.29) is 11.5 Å². The molecule has 3 N–H and O–H groups in total. The SMILES string of the molecule is CCN(C)C(=O)Nc1c(-c2ccc(Cl)cc2)nn(-c2ccc(C(F)(F)F)cc2)c1N. The molecular formula is C20H19ClF3N5O. The highest BCUT2D eigenvalue weighted by Crippen LogP contribution is 2.36. The van der Waals surface area contributed by atoms with Crippen molar-refractivity contribution >= 4 is 29.1 Å². The maximum atomic E-state index is 12.9. The number of nitrogens with zero attached hydrogens (tertiary/aromatic N) is 3. The Bertz CT molecular complexity index is 1050. The van der Waals surface area contributed by atoms with Crippen LogP contribution in [0.4, 0.5) is 29.5 Å². The molecule has 30 heavy (non-hydrogen) atoms. The normalized spacial score (nSPS) is 11.4. The van der Waals surface area contributed by atoms with Gasteiger partial charge in [-0.3, -0.25) is 0 Å². The summed E-state index contributed by atoms with van der Waals surface area (Å²) in [6.07, 6.45) is -4.45. The first kappa shape index (κ1) is 21.5. The molecule has 0 unspecified atom stereocenters. The van der Waals surface area contributed by atoms with Crippen LogP contribution < -0.4 is 11.1 Å². The van der Waals surface area contributed by atoms with E-state index in [0.29, 0.717) is 28.5 Å². The molecule has 0 spiro atoms. The number of benzene rings is 2. The molecule has 158 valence electrons. The minimum Gasteiger partial charge on any atom is -0.382 e. The van der Waals surface area contributed by atoms with Gasteiger partial charge >= 0.3 is 12.2 Å². The Morgan fingerprint density at radius 3 is 2.30 bits per heavy atom. The van der Waals surface area contributed by atoms with E-state index in [1.54, 1.807) is 31.3 Å². The van der Waals surface area contributed by atoms with Crippen LogP contribution in [0.3, 0.4) is 0 Å². The number of alkyl halides is 3. The largest absolute Gasteiger partial charge is 0.416 e. The Morgan fingerprint density at radius 1 is 1.17 bits per heavy atom. The van der Waals surface area contributed by atoms with Gasteiger partial charge in [-0.15, -0.1) is 0 Å². The van der Waals surface area contributed by atoms with Crippen molar-refractivity contribution in [3.8, 4) is 16.9 Å². The van der Waals surface area contributed by atoms with Crippen LogP contribution in [0, 0.1) is 0 Å². The van der Waals surface area contributed by atoms with Crippen molar-refractivity contribution in [3.05, 3.63) is 59.1 Å². The summed E-state index contributed by atoms with van der Waals surface area (Å²) in [4.78, 5) is 13.9. The molecule has 0 fully saturated rings. The fourth-order valence-corrected chi connectivity index (χ4v) is 2.82. The molecule has 0 radical (unpaired) electrons. The monoisotopic (exact) mass is 437 g/mol. The van der Waals surface area contributed by atoms with Crippen molar-refractivity contribution in [1.82, 2.24) is 14.7 Å². The first-order chi connectivity index (χ1) is 14.1. The summed E-state index contributed by atoms with van der Waals surface area (Å²) in [6, 6.07) is 10.8. The van der Waals surface area contributed by atoms with Gasteiger partial charge in [0, 0.05) is 24.2 Å². The minimum absolute atomic E-state index is 0.0811. The number of aromatic nitrogens is 2. The molecule has 0 aliphatic heterocycles. The van der Waals surface area contributed by atoms with Crippen LogP contribution in [-0.2, 0) is 6.18 Å². The Hall–Kier alpha value is -3.20. The molecule has 0 saturated heterocycles. The third-order valence-corrected chi connectivity index (χ3v) is 4.78. The van der Waals surface area contributed by atoms with Gasteiger partial charge in [-0.25, -0.2) is 9.48 Å². The van der Waals surface area contributed by atoms with Gasteiger partial charge in [0.05, 0.1) is 11.3 Å². The number of halogens is 4. The highest BCUT2D eigenvalue weighted by atomic mass is 35.5. The van der Waals surface area contributed by atoms with Crippen LogP contribution in [0.15, 0.2) is 48.5 Å². The second kappa shape index (κ2) is 8.27. The van der Waals surface area contributed by atoms with Gasteiger partial charge in [0.25, 0.3) is 0 Å². The summed E-state index contributed by atoms with van der Waals surface area (Å²) in [7, 11) is 1.62. The number of hydrogen-bond acceptors (Lipinski definition) is 3. The fraction of sp³-hybridized carbons (Fsp3) is 0.200. The number of hydrogen-bond donors (Lipinski definition) is 2. The minimum atomic E-state index is -4.45. The Kier molecular flexibility index (Phi) is 5.93. The average Bonchev–Trinajstić information content (AvgIpc) is 3.03. The van der Waals surface area contributed by atoms with Crippen LogP contribution in [0.2, 0.25) is 5.02 Å². The zero-order valence-corrected chi connectivity index (χ0v) is 16.9. The zero-order chi connectivity index (χ0) is 22.1. The van der Waals surface area contributed by atoms with E-state index in [1.807, 2.05) is 6.92 Å². The molecule has 2 amide bonds. The number of nitrogen functional groups attached to an aromatic ring is 1. The van der Waals surface area contributed by atoms with E-state index in [9.17, 15) is 18.0 Å². The van der Waals surface area contributed by atoms with Crippen molar-refractivity contribution in [2.75, 3.05) is 24.6 Å². The van der Waals surface area contributed by atoms with Crippen molar-refractivity contribution < 1.29 is 18.0 Å². The molecule has 6 nitrogen and oxygen atoms in total. The maximum absolute atomic E-state index is 12.9. The number of rotatable bonds is 4. The zero-order valence-electron chi connectivity index (χ0n) is 16.2. The van der Waals surface area contributed by atoms with Crippen molar-refractivity contribution in [2.45, 2.75) is 13.1 Å². The Balaban J connectivity index is 2.09. The van der Waals surface area contributed by atoms with Gasteiger partial charge in [-0.1, -0.05) is 23.7 Å². The number of anilines is 2. The van der Waals surface area contributed by atoms with Gasteiger partial charge in [0.15, 0.2) is 5.82 Å². The molecule has 1 aromatic heterocycles. The van der Waals surface area contributed by atoms with Gasteiger partial charge in [-0.05, 0) is 43.3 Å². The average molecular weight is 438 g/mol. The van der Waals surface area contributed by atoms with Gasteiger partial charge < -0.3 is 16.0 Å². The molecule has 10 heteroatoms. The third kappa shape index (κ3) is 4.35. The molecule has 0 bridgehead atoms. The number of nitrogens with one attached hydrogen (secondary N) is 1. The van der Waals surface area contributed by atoms with Crippen molar-refractivity contribution in [1.29, 1.82) is 0 Å². The van der Waals surface area contributed by atoms with Gasteiger partial charge in [-0.2, -0.15) is 18.3 Å². The van der Waals surface area contributed by atoms with E-state index < -0.39 is 17.8 Å². The van der Waals surface area contributed by atoms with Crippen LogP contribution in [0.25, 0.3) is 16.9 Å². The lowest BCUT2D eigenvalue weighted by Crippen LogP contribution is -2.31. The molecule has 0 atom stereocenters. The number of urea groups is 1. The van der Waals surface area contributed by atoms with Crippen LogP contribution in [0.1, 0.15) is 12.5 Å². The van der Waals surface area contributed by atoms with E-state index in [0.717, 1.165) is 12.1 Å². The van der Waals surface area contributed by atoms with Crippen LogP contribution in [0.5, 0.6) is 0 Å². The third-order valence-electron chi connectivity index (χ3n) is 4.53. The lowest BCUT2D eigenvalue weighted by atomic mass is 10.1.